The van der Waals surface area contributed by atoms with Crippen LogP contribution in [-0.4, -0.2) is 73.0 Å². The van der Waals surface area contributed by atoms with Crippen LogP contribution in [0.5, 0.6) is 0 Å². The summed E-state index contributed by atoms with van der Waals surface area (Å²) in [6.45, 7) is 3.52. The molecule has 0 spiro atoms. The van der Waals surface area contributed by atoms with E-state index >= 15 is 0 Å². The van der Waals surface area contributed by atoms with E-state index in [0.29, 0.717) is 36.5 Å². The van der Waals surface area contributed by atoms with Gasteiger partial charge in [-0.15, -0.1) is 0 Å². The summed E-state index contributed by atoms with van der Waals surface area (Å²) in [7, 11) is -1.47. The zero-order valence-corrected chi connectivity index (χ0v) is 19.1. The fourth-order valence-electron chi connectivity index (χ4n) is 5.49. The summed E-state index contributed by atoms with van der Waals surface area (Å²) >= 11 is 0. The van der Waals surface area contributed by atoms with Crippen molar-refractivity contribution in [3.63, 3.8) is 0 Å². The van der Waals surface area contributed by atoms with E-state index in [2.05, 4.69) is 34.1 Å². The molecule has 5 rings (SSSR count). The first-order chi connectivity index (χ1) is 14.8. The van der Waals surface area contributed by atoms with Crippen LogP contribution >= 0.6 is 0 Å². The van der Waals surface area contributed by atoms with Crippen LogP contribution in [0.25, 0.3) is 0 Å². The third kappa shape index (κ3) is 4.53. The molecule has 31 heavy (non-hydrogen) atoms. The molecule has 10 heteroatoms. The van der Waals surface area contributed by atoms with Gasteiger partial charge in [0.15, 0.2) is 5.69 Å². The third-order valence-corrected chi connectivity index (χ3v) is 9.12. The quantitative estimate of drug-likeness (QED) is 0.634. The summed E-state index contributed by atoms with van der Waals surface area (Å²) in [4.78, 5) is 15.0. The molecule has 4 aliphatic rings. The lowest BCUT2D eigenvalue weighted by Gasteiger charge is -2.32. The number of carbonyl (C=O) groups excluding carboxylic acids is 1. The average Bonchev–Trinajstić information content (AvgIpc) is 3.17. The highest BCUT2D eigenvalue weighted by atomic mass is 32.2. The summed E-state index contributed by atoms with van der Waals surface area (Å²) < 4.78 is 36.1. The molecule has 1 aromatic heterocycles. The Kier molecular flexibility index (Phi) is 5.60. The maximum absolute atomic E-state index is 13.1. The predicted molar refractivity (Wildman–Crippen MR) is 115 cm³/mol. The van der Waals surface area contributed by atoms with Crippen molar-refractivity contribution in [3.05, 3.63) is 17.5 Å². The summed E-state index contributed by atoms with van der Waals surface area (Å²) in [5.41, 5.74) is 0.313. The van der Waals surface area contributed by atoms with Gasteiger partial charge in [-0.1, -0.05) is 12.1 Å². The largest absolute Gasteiger partial charge is 0.360 e. The fraction of sp³-hybridized carbons (Fsp3) is 0.810. The summed E-state index contributed by atoms with van der Waals surface area (Å²) in [6.07, 6.45) is 6.23. The number of carbonyl (C=O) groups is 1. The van der Waals surface area contributed by atoms with Crippen LogP contribution in [0.2, 0.25) is 0 Å². The van der Waals surface area contributed by atoms with Crippen LogP contribution in [0.4, 0.5) is 0 Å². The Morgan fingerprint density at radius 3 is 2.58 bits per heavy atom. The van der Waals surface area contributed by atoms with Gasteiger partial charge in [-0.05, 0) is 57.9 Å². The maximum Gasteiger partial charge on any atom is 0.280 e. The monoisotopic (exact) mass is 451 g/mol. The van der Waals surface area contributed by atoms with E-state index in [0.717, 1.165) is 50.8 Å². The molecule has 1 aromatic rings. The van der Waals surface area contributed by atoms with Crippen molar-refractivity contribution >= 4 is 16.1 Å². The number of likely N-dealkylation sites (tertiary alicyclic amines) is 1. The first kappa shape index (κ1) is 21.4. The molecule has 2 bridgehead atoms. The number of aromatic nitrogens is 1. The number of nitrogens with one attached hydrogen (secondary N) is 2. The average molecular weight is 452 g/mol. The van der Waals surface area contributed by atoms with Gasteiger partial charge in [-0.2, -0.15) is 17.4 Å². The highest BCUT2D eigenvalue weighted by Gasteiger charge is 2.47. The van der Waals surface area contributed by atoms with E-state index < -0.39 is 10.2 Å². The van der Waals surface area contributed by atoms with Gasteiger partial charge < -0.3 is 14.7 Å². The Labute approximate surface area is 184 Å². The Balaban J connectivity index is 1.22. The summed E-state index contributed by atoms with van der Waals surface area (Å²) in [5.74, 6) is 1.37. The van der Waals surface area contributed by atoms with E-state index in [9.17, 15) is 13.2 Å². The Morgan fingerprint density at radius 2 is 1.90 bits per heavy atom. The normalized spacial score (nSPS) is 34.7. The smallest absolute Gasteiger partial charge is 0.280 e. The van der Waals surface area contributed by atoms with E-state index in [4.69, 9.17) is 4.52 Å². The second-order valence-electron chi connectivity index (χ2n) is 10.1. The number of hydrogen-bond donors (Lipinski definition) is 2. The van der Waals surface area contributed by atoms with Gasteiger partial charge in [0.25, 0.3) is 16.1 Å². The molecule has 5 atom stereocenters. The van der Waals surface area contributed by atoms with Crippen molar-refractivity contribution in [2.75, 3.05) is 20.1 Å². The highest BCUT2D eigenvalue weighted by molar-refractivity contribution is 7.87. The van der Waals surface area contributed by atoms with Crippen LogP contribution in [0, 0.1) is 5.92 Å². The number of amides is 1. The fourth-order valence-corrected chi connectivity index (χ4v) is 7.17. The topological polar surface area (TPSA) is 108 Å². The number of rotatable bonds is 6. The van der Waals surface area contributed by atoms with Gasteiger partial charge in [-0.3, -0.25) is 4.79 Å². The molecule has 2 aliphatic heterocycles. The van der Waals surface area contributed by atoms with Gasteiger partial charge in [0.2, 0.25) is 0 Å². The SMILES string of the molecule is C[C@@H]1CC[C@H](NS(=O)(=O)N2CC3CC2CN3C)C[C@@H](NC(=O)c2cc(C3CC3)on2)C1. The molecule has 2 aliphatic carbocycles. The van der Waals surface area contributed by atoms with Crippen LogP contribution in [0.3, 0.4) is 0 Å². The van der Waals surface area contributed by atoms with Gasteiger partial charge in [0.05, 0.1) is 0 Å². The Bertz CT molecular complexity index is 928. The van der Waals surface area contributed by atoms with Gasteiger partial charge >= 0.3 is 0 Å². The molecule has 2 N–H and O–H groups in total. The molecular weight excluding hydrogens is 418 g/mol. The first-order valence-corrected chi connectivity index (χ1v) is 13.0. The minimum absolute atomic E-state index is 0.0699. The van der Waals surface area contributed by atoms with Crippen LogP contribution < -0.4 is 10.0 Å². The first-order valence-electron chi connectivity index (χ1n) is 11.6. The van der Waals surface area contributed by atoms with E-state index in [-0.39, 0.29) is 24.0 Å². The molecule has 2 saturated heterocycles. The van der Waals surface area contributed by atoms with Crippen molar-refractivity contribution in [1.29, 1.82) is 0 Å². The molecule has 0 radical (unpaired) electrons. The maximum atomic E-state index is 13.1. The molecule has 3 heterocycles. The second-order valence-corrected chi connectivity index (χ2v) is 11.7. The molecule has 2 unspecified atom stereocenters. The lowest BCUT2D eigenvalue weighted by molar-refractivity contribution is 0.0920. The lowest BCUT2D eigenvalue weighted by atomic mass is 10.0. The molecular formula is C21H33N5O4S. The number of nitrogens with zero attached hydrogens (tertiary/aromatic N) is 3. The molecule has 4 fully saturated rings. The minimum Gasteiger partial charge on any atom is -0.360 e. The predicted octanol–water partition coefficient (Wildman–Crippen LogP) is 1.45. The van der Waals surface area contributed by atoms with Crippen molar-refractivity contribution in [1.82, 2.24) is 24.4 Å². The number of piperazine rings is 1. The van der Waals surface area contributed by atoms with E-state index in [1.54, 1.807) is 10.4 Å². The van der Waals surface area contributed by atoms with Gasteiger partial charge in [-0.25, -0.2) is 0 Å². The van der Waals surface area contributed by atoms with Gasteiger partial charge in [0.1, 0.15) is 5.76 Å². The molecule has 2 saturated carbocycles. The Hall–Kier alpha value is -1.49. The Morgan fingerprint density at radius 1 is 1.10 bits per heavy atom. The standard InChI is InChI=1S/C21H33N5O4S/c1-13-3-6-15(24-31(28,29)26-12-17-9-18(26)11-25(17)2)8-16(7-13)22-21(27)19-10-20(30-23-19)14-4-5-14/h10,13-18,24H,3-9,11-12H2,1-2H3,(H,22,27)/t13-,15+,16+,17?,18?/m1/s1. The summed E-state index contributed by atoms with van der Waals surface area (Å²) in [5, 5.41) is 7.01. The van der Waals surface area contributed by atoms with Crippen LogP contribution in [-0.2, 0) is 10.2 Å². The molecule has 1 amide bonds. The summed E-state index contributed by atoms with van der Waals surface area (Å²) in [6, 6.07) is 1.86. The van der Waals surface area contributed by atoms with Crippen molar-refractivity contribution in [2.24, 2.45) is 5.92 Å². The number of hydrogen-bond acceptors (Lipinski definition) is 6. The highest BCUT2D eigenvalue weighted by Crippen LogP contribution is 2.40. The molecule has 0 aromatic carbocycles. The zero-order valence-electron chi connectivity index (χ0n) is 18.3. The minimum atomic E-state index is -3.53. The van der Waals surface area contributed by atoms with Crippen molar-refractivity contribution < 1.29 is 17.7 Å². The number of fused-ring (bicyclic) bond motifs is 2. The van der Waals surface area contributed by atoms with Crippen molar-refractivity contribution in [3.8, 4) is 0 Å². The van der Waals surface area contributed by atoms with E-state index in [1.807, 2.05) is 0 Å². The zero-order chi connectivity index (χ0) is 21.8. The van der Waals surface area contributed by atoms with Gasteiger partial charge in [0, 0.05) is 49.2 Å². The van der Waals surface area contributed by atoms with E-state index in [1.165, 1.54) is 0 Å². The van der Waals surface area contributed by atoms with Crippen LogP contribution in [0.15, 0.2) is 10.6 Å². The number of likely N-dealkylation sites (N-methyl/N-ethyl adjacent to an activating group) is 1. The lowest BCUT2D eigenvalue weighted by Crippen LogP contribution is -2.53. The van der Waals surface area contributed by atoms with Crippen LogP contribution in [0.1, 0.15) is 74.0 Å². The third-order valence-electron chi connectivity index (χ3n) is 7.43. The second kappa shape index (κ2) is 8.13. The molecule has 9 nitrogen and oxygen atoms in total. The van der Waals surface area contributed by atoms with Crippen molar-refractivity contribution in [2.45, 2.75) is 82.0 Å². The molecule has 172 valence electrons.